The molecule has 1 aromatic rings. The number of nitrogens with one attached hydrogen (secondary N) is 2. The fourth-order valence-corrected chi connectivity index (χ4v) is 2.12. The van der Waals surface area contributed by atoms with Crippen molar-refractivity contribution in [2.75, 3.05) is 26.8 Å². The highest BCUT2D eigenvalue weighted by atomic mass is 127. The smallest absolute Gasteiger partial charge is 0.191 e. The van der Waals surface area contributed by atoms with E-state index in [1.54, 1.807) is 13.2 Å². The van der Waals surface area contributed by atoms with E-state index < -0.39 is 0 Å². The Morgan fingerprint density at radius 1 is 1.35 bits per heavy atom. The molecule has 5 nitrogen and oxygen atoms in total. The van der Waals surface area contributed by atoms with Crippen LogP contribution >= 0.6 is 35.6 Å². The highest BCUT2D eigenvalue weighted by Crippen LogP contribution is 2.36. The number of aliphatic imine (C=N–C) groups is 1. The van der Waals surface area contributed by atoms with Crippen molar-refractivity contribution < 1.29 is 9.47 Å². The van der Waals surface area contributed by atoms with Crippen molar-refractivity contribution in [2.24, 2.45) is 4.99 Å². The normalized spacial score (nSPS) is 10.5. The molecule has 0 heterocycles. The molecule has 2 N–H and O–H groups in total. The molecule has 0 radical (unpaired) electrons. The van der Waals surface area contributed by atoms with Gasteiger partial charge < -0.3 is 20.1 Å². The molecule has 0 amide bonds. The molecule has 0 bridgehead atoms. The molecule has 0 fully saturated rings. The predicted octanol–water partition coefficient (Wildman–Crippen LogP) is 3.61. The van der Waals surface area contributed by atoms with Gasteiger partial charge in [0.05, 0.1) is 25.3 Å². The largest absolute Gasteiger partial charge is 0.493 e. The van der Waals surface area contributed by atoms with E-state index in [1.165, 1.54) is 0 Å². The number of halogens is 2. The average molecular weight is 454 g/mol. The van der Waals surface area contributed by atoms with Crippen LogP contribution in [0.15, 0.2) is 29.8 Å². The van der Waals surface area contributed by atoms with Crippen molar-refractivity contribution in [3.05, 3.63) is 35.4 Å². The Labute approximate surface area is 160 Å². The van der Waals surface area contributed by atoms with Gasteiger partial charge in [-0.2, -0.15) is 0 Å². The molecule has 1 aromatic carbocycles. The molecular formula is C16H25ClIN3O2. The van der Waals surface area contributed by atoms with Crippen LogP contribution in [0.4, 0.5) is 0 Å². The molecule has 0 unspecified atom stereocenters. The Bertz CT molecular complexity index is 524. The van der Waals surface area contributed by atoms with E-state index >= 15 is 0 Å². The number of methoxy groups -OCH3 is 1. The first-order valence-corrected chi connectivity index (χ1v) is 7.66. The number of hydrogen-bond donors (Lipinski definition) is 2. The number of ether oxygens (including phenoxy) is 2. The van der Waals surface area contributed by atoms with Crippen LogP contribution < -0.4 is 20.1 Å². The van der Waals surface area contributed by atoms with E-state index in [2.05, 4.69) is 22.2 Å². The van der Waals surface area contributed by atoms with Gasteiger partial charge in [-0.05, 0) is 31.5 Å². The summed E-state index contributed by atoms with van der Waals surface area (Å²) in [6.45, 7) is 10.1. The highest BCUT2D eigenvalue weighted by molar-refractivity contribution is 14.0. The molecule has 130 valence electrons. The minimum Gasteiger partial charge on any atom is -0.493 e. The minimum absolute atomic E-state index is 0. The van der Waals surface area contributed by atoms with Crippen LogP contribution in [-0.4, -0.2) is 32.8 Å². The van der Waals surface area contributed by atoms with Gasteiger partial charge >= 0.3 is 0 Å². The zero-order valence-electron chi connectivity index (χ0n) is 13.8. The second-order valence-corrected chi connectivity index (χ2v) is 4.81. The molecule has 0 aliphatic heterocycles. The molecule has 23 heavy (non-hydrogen) atoms. The summed E-state index contributed by atoms with van der Waals surface area (Å²) < 4.78 is 10.8. The number of nitrogens with zero attached hydrogens (tertiary/aromatic N) is 1. The van der Waals surface area contributed by atoms with Gasteiger partial charge in [0.25, 0.3) is 0 Å². The van der Waals surface area contributed by atoms with Crippen LogP contribution in [-0.2, 0) is 6.54 Å². The van der Waals surface area contributed by atoms with Crippen molar-refractivity contribution in [3.63, 3.8) is 0 Å². The maximum atomic E-state index is 6.25. The summed E-state index contributed by atoms with van der Waals surface area (Å²) in [5.74, 6) is 1.91. The molecule has 0 aliphatic carbocycles. The van der Waals surface area contributed by atoms with E-state index in [0.29, 0.717) is 36.2 Å². The van der Waals surface area contributed by atoms with Crippen molar-refractivity contribution >= 4 is 41.5 Å². The SMILES string of the molecule is C=CCNC(=NCc1cc(Cl)c(OCC)c(OC)c1)NCC.I. The third-order valence-electron chi connectivity index (χ3n) is 2.76. The lowest BCUT2D eigenvalue weighted by atomic mass is 10.2. The number of hydrogen-bond acceptors (Lipinski definition) is 3. The van der Waals surface area contributed by atoms with Gasteiger partial charge in [0.1, 0.15) is 0 Å². The van der Waals surface area contributed by atoms with Gasteiger partial charge in [0.15, 0.2) is 17.5 Å². The van der Waals surface area contributed by atoms with E-state index in [4.69, 9.17) is 21.1 Å². The van der Waals surface area contributed by atoms with Crippen molar-refractivity contribution in [2.45, 2.75) is 20.4 Å². The quantitative estimate of drug-likeness (QED) is 0.273. The Morgan fingerprint density at radius 2 is 2.09 bits per heavy atom. The molecule has 0 aromatic heterocycles. The van der Waals surface area contributed by atoms with Crippen molar-refractivity contribution in [1.29, 1.82) is 0 Å². The Hall–Kier alpha value is -1.15. The molecule has 1 rings (SSSR count). The first-order chi connectivity index (χ1) is 10.7. The minimum atomic E-state index is 0. The fraction of sp³-hybridized carbons (Fsp3) is 0.438. The van der Waals surface area contributed by atoms with E-state index in [9.17, 15) is 0 Å². The summed E-state index contributed by atoms with van der Waals surface area (Å²) >= 11 is 6.25. The Morgan fingerprint density at radius 3 is 2.65 bits per heavy atom. The third kappa shape index (κ3) is 7.30. The predicted molar refractivity (Wildman–Crippen MR) is 108 cm³/mol. The molecule has 0 saturated heterocycles. The van der Waals surface area contributed by atoms with Crippen LogP contribution in [0, 0.1) is 0 Å². The first-order valence-electron chi connectivity index (χ1n) is 7.28. The molecular weight excluding hydrogens is 429 g/mol. The lowest BCUT2D eigenvalue weighted by Gasteiger charge is -2.13. The van der Waals surface area contributed by atoms with Gasteiger partial charge in [-0.3, -0.25) is 0 Å². The lowest BCUT2D eigenvalue weighted by molar-refractivity contribution is 0.311. The van der Waals surface area contributed by atoms with Gasteiger partial charge in [-0.15, -0.1) is 30.6 Å². The summed E-state index contributed by atoms with van der Waals surface area (Å²) in [5.41, 5.74) is 0.945. The van der Waals surface area contributed by atoms with Crippen LogP contribution in [0.5, 0.6) is 11.5 Å². The highest BCUT2D eigenvalue weighted by Gasteiger charge is 2.11. The summed E-state index contributed by atoms with van der Waals surface area (Å²) in [4.78, 5) is 4.51. The number of benzene rings is 1. The molecule has 0 saturated carbocycles. The zero-order chi connectivity index (χ0) is 16.4. The maximum absolute atomic E-state index is 6.25. The number of rotatable bonds is 8. The molecule has 7 heteroatoms. The van der Waals surface area contributed by atoms with Crippen LogP contribution in [0.25, 0.3) is 0 Å². The Kier molecular flexibility index (Phi) is 11.7. The van der Waals surface area contributed by atoms with Gasteiger partial charge in [0, 0.05) is 13.1 Å². The van der Waals surface area contributed by atoms with E-state index in [1.807, 2.05) is 26.0 Å². The summed E-state index contributed by atoms with van der Waals surface area (Å²) in [6, 6.07) is 3.73. The second kappa shape index (κ2) is 12.3. The summed E-state index contributed by atoms with van der Waals surface area (Å²) in [6.07, 6.45) is 1.78. The van der Waals surface area contributed by atoms with Gasteiger partial charge in [-0.25, -0.2) is 4.99 Å². The molecule has 0 spiro atoms. The monoisotopic (exact) mass is 453 g/mol. The van der Waals surface area contributed by atoms with E-state index in [0.717, 1.165) is 18.1 Å². The Balaban J connectivity index is 0.00000484. The molecule has 0 aliphatic rings. The van der Waals surface area contributed by atoms with Crippen molar-refractivity contribution in [1.82, 2.24) is 10.6 Å². The average Bonchev–Trinajstić information content (AvgIpc) is 2.52. The second-order valence-electron chi connectivity index (χ2n) is 4.41. The van der Waals surface area contributed by atoms with Gasteiger partial charge in [-0.1, -0.05) is 17.7 Å². The van der Waals surface area contributed by atoms with E-state index in [-0.39, 0.29) is 24.0 Å². The van der Waals surface area contributed by atoms with Crippen LogP contribution in [0.1, 0.15) is 19.4 Å². The zero-order valence-corrected chi connectivity index (χ0v) is 16.9. The topological polar surface area (TPSA) is 54.9 Å². The lowest BCUT2D eigenvalue weighted by Crippen LogP contribution is -2.37. The summed E-state index contributed by atoms with van der Waals surface area (Å²) in [7, 11) is 1.59. The maximum Gasteiger partial charge on any atom is 0.191 e. The van der Waals surface area contributed by atoms with Gasteiger partial charge in [0.2, 0.25) is 0 Å². The fourth-order valence-electron chi connectivity index (χ4n) is 1.83. The molecule has 0 atom stereocenters. The van der Waals surface area contributed by atoms with Crippen molar-refractivity contribution in [3.8, 4) is 11.5 Å². The number of guanidine groups is 1. The standard InChI is InChI=1S/C16H24ClN3O2.HI/c1-5-8-19-16(18-6-2)20-11-12-9-13(17)15(22-7-3)14(10-12)21-4;/h5,9-10H,1,6-8,11H2,2-4H3,(H2,18,19,20);1H. The van der Waals surface area contributed by atoms with Crippen LogP contribution in [0.2, 0.25) is 5.02 Å². The van der Waals surface area contributed by atoms with Crippen LogP contribution in [0.3, 0.4) is 0 Å². The first kappa shape index (κ1) is 21.9. The summed E-state index contributed by atoms with van der Waals surface area (Å²) in [5, 5.41) is 6.84. The third-order valence-corrected chi connectivity index (χ3v) is 3.04.